The van der Waals surface area contributed by atoms with Gasteiger partial charge in [0.1, 0.15) is 0 Å². The predicted octanol–water partition coefficient (Wildman–Crippen LogP) is 3.33. The number of hydrogen-bond donors (Lipinski definition) is 2. The van der Waals surface area contributed by atoms with Crippen molar-refractivity contribution >= 4 is 63.2 Å². The fourth-order valence-electron chi connectivity index (χ4n) is 2.84. The second kappa shape index (κ2) is 9.43. The lowest BCUT2D eigenvalue weighted by Crippen LogP contribution is -2.51. The maximum absolute atomic E-state index is 12.4. The van der Waals surface area contributed by atoms with E-state index in [1.807, 2.05) is 0 Å². The molecule has 1 aromatic carbocycles. The Bertz CT molecular complexity index is 908. The summed E-state index contributed by atoms with van der Waals surface area (Å²) in [5.41, 5.74) is 1.04. The van der Waals surface area contributed by atoms with Crippen LogP contribution in [-0.2, 0) is 16.0 Å². The van der Waals surface area contributed by atoms with Gasteiger partial charge in [0, 0.05) is 54.2 Å². The van der Waals surface area contributed by atoms with Gasteiger partial charge in [-0.15, -0.1) is 11.3 Å². The van der Waals surface area contributed by atoms with E-state index in [1.165, 1.54) is 18.3 Å². The maximum atomic E-state index is 12.4. The molecule has 0 atom stereocenters. The van der Waals surface area contributed by atoms with E-state index >= 15 is 0 Å². The first-order valence-corrected chi connectivity index (χ1v) is 10.5. The highest BCUT2D eigenvalue weighted by Crippen LogP contribution is 2.23. The fraction of sp³-hybridized carbons (Fsp3) is 0.333. The molecule has 0 bridgehead atoms. The second-order valence-corrected chi connectivity index (χ2v) is 8.18. The molecule has 1 aliphatic rings. The quantitative estimate of drug-likeness (QED) is 0.738. The van der Waals surface area contributed by atoms with Crippen LogP contribution in [0.15, 0.2) is 23.6 Å². The van der Waals surface area contributed by atoms with Crippen LogP contribution in [0.25, 0.3) is 0 Å². The van der Waals surface area contributed by atoms with E-state index in [9.17, 15) is 14.4 Å². The van der Waals surface area contributed by atoms with Crippen molar-refractivity contribution in [2.24, 2.45) is 0 Å². The highest BCUT2D eigenvalue weighted by molar-refractivity contribution is 7.13. The zero-order valence-corrected chi connectivity index (χ0v) is 17.9. The van der Waals surface area contributed by atoms with Crippen molar-refractivity contribution in [2.45, 2.75) is 13.3 Å². The molecule has 1 aromatic heterocycles. The van der Waals surface area contributed by atoms with Crippen molar-refractivity contribution in [3.63, 3.8) is 0 Å². The average Bonchev–Trinajstić information content (AvgIpc) is 3.07. The summed E-state index contributed by atoms with van der Waals surface area (Å²) in [4.78, 5) is 43.5. The molecule has 29 heavy (non-hydrogen) atoms. The molecule has 154 valence electrons. The average molecular weight is 456 g/mol. The number of carbonyl (C=O) groups is 3. The molecule has 0 saturated carbocycles. The number of nitrogens with one attached hydrogen (secondary N) is 2. The number of halogens is 2. The third-order valence-electron chi connectivity index (χ3n) is 4.27. The summed E-state index contributed by atoms with van der Waals surface area (Å²) in [5.74, 6) is -0.264. The monoisotopic (exact) mass is 455 g/mol. The van der Waals surface area contributed by atoms with Gasteiger partial charge in [0.25, 0.3) is 0 Å². The van der Waals surface area contributed by atoms with Crippen molar-refractivity contribution in [3.05, 3.63) is 39.3 Å². The molecule has 0 unspecified atom stereocenters. The van der Waals surface area contributed by atoms with E-state index in [0.717, 1.165) is 0 Å². The van der Waals surface area contributed by atoms with Crippen molar-refractivity contribution in [1.82, 2.24) is 14.8 Å². The van der Waals surface area contributed by atoms with E-state index in [2.05, 4.69) is 15.6 Å². The summed E-state index contributed by atoms with van der Waals surface area (Å²) in [5, 5.41) is 8.44. The van der Waals surface area contributed by atoms with Crippen LogP contribution in [0.3, 0.4) is 0 Å². The molecular weight excluding hydrogens is 437 g/mol. The number of aromatic nitrogens is 1. The lowest BCUT2D eigenvalue weighted by Gasteiger charge is -2.33. The van der Waals surface area contributed by atoms with Crippen LogP contribution in [0.5, 0.6) is 0 Å². The Labute approximate surface area is 181 Å². The standard InChI is InChI=1S/C18H19Cl2N5O3S/c1-11(26)24-2-4-25(5-3-24)18(28)23-17-22-15(10-29-17)9-16(27)21-14-7-12(19)6-13(20)8-14/h6-8,10H,2-5,9H2,1H3,(H,21,27)(H,22,23,28). The first-order valence-electron chi connectivity index (χ1n) is 8.82. The van der Waals surface area contributed by atoms with Gasteiger partial charge in [0.05, 0.1) is 12.1 Å². The number of anilines is 2. The lowest BCUT2D eigenvalue weighted by atomic mass is 10.3. The molecule has 3 rings (SSSR count). The number of thiazole rings is 1. The summed E-state index contributed by atoms with van der Waals surface area (Å²) in [6.45, 7) is 3.48. The molecule has 0 spiro atoms. The van der Waals surface area contributed by atoms with Gasteiger partial charge in [-0.25, -0.2) is 9.78 Å². The van der Waals surface area contributed by atoms with Gasteiger partial charge in [0.15, 0.2) is 5.13 Å². The Balaban J connectivity index is 1.50. The number of nitrogens with zero attached hydrogens (tertiary/aromatic N) is 3. The molecular formula is C18H19Cl2N5O3S. The topological polar surface area (TPSA) is 94.6 Å². The molecule has 2 heterocycles. The van der Waals surface area contributed by atoms with Crippen LogP contribution in [0.4, 0.5) is 15.6 Å². The maximum Gasteiger partial charge on any atom is 0.323 e. The minimum atomic E-state index is -0.271. The van der Waals surface area contributed by atoms with Crippen molar-refractivity contribution in [3.8, 4) is 0 Å². The summed E-state index contributed by atoms with van der Waals surface area (Å²) in [7, 11) is 0. The fourth-order valence-corrected chi connectivity index (χ4v) is 4.06. The van der Waals surface area contributed by atoms with Gasteiger partial charge in [-0.3, -0.25) is 14.9 Å². The van der Waals surface area contributed by atoms with Crippen molar-refractivity contribution in [2.75, 3.05) is 36.8 Å². The van der Waals surface area contributed by atoms with Crippen LogP contribution >= 0.6 is 34.5 Å². The van der Waals surface area contributed by atoms with Gasteiger partial charge in [0.2, 0.25) is 11.8 Å². The summed E-state index contributed by atoms with van der Waals surface area (Å²) >= 11 is 13.1. The predicted molar refractivity (Wildman–Crippen MR) is 114 cm³/mol. The highest BCUT2D eigenvalue weighted by atomic mass is 35.5. The van der Waals surface area contributed by atoms with Gasteiger partial charge in [-0.2, -0.15) is 0 Å². The minimum absolute atomic E-state index is 0.00736. The summed E-state index contributed by atoms with van der Waals surface area (Å²) < 4.78 is 0. The zero-order valence-electron chi connectivity index (χ0n) is 15.6. The minimum Gasteiger partial charge on any atom is -0.339 e. The molecule has 0 radical (unpaired) electrons. The smallest absolute Gasteiger partial charge is 0.323 e. The first-order chi connectivity index (χ1) is 13.8. The van der Waals surface area contributed by atoms with E-state index in [4.69, 9.17) is 23.2 Å². The first kappa shape index (κ1) is 21.4. The van der Waals surface area contributed by atoms with Gasteiger partial charge < -0.3 is 15.1 Å². The van der Waals surface area contributed by atoms with Gasteiger partial charge in [-0.05, 0) is 18.2 Å². The normalized spacial score (nSPS) is 13.9. The molecule has 1 aliphatic heterocycles. The Morgan fingerprint density at radius 3 is 2.28 bits per heavy atom. The van der Waals surface area contributed by atoms with Gasteiger partial charge >= 0.3 is 6.03 Å². The van der Waals surface area contributed by atoms with Gasteiger partial charge in [-0.1, -0.05) is 23.2 Å². The number of rotatable bonds is 4. The largest absolute Gasteiger partial charge is 0.339 e. The lowest BCUT2D eigenvalue weighted by molar-refractivity contribution is -0.130. The van der Waals surface area contributed by atoms with Crippen LogP contribution in [-0.4, -0.2) is 58.8 Å². The second-order valence-electron chi connectivity index (χ2n) is 6.45. The number of carbonyl (C=O) groups excluding carboxylic acids is 3. The molecule has 1 saturated heterocycles. The van der Waals surface area contributed by atoms with Crippen molar-refractivity contribution in [1.29, 1.82) is 0 Å². The summed E-state index contributed by atoms with van der Waals surface area (Å²) in [6.07, 6.45) is 0.0494. The highest BCUT2D eigenvalue weighted by Gasteiger charge is 2.23. The number of piperazine rings is 1. The Hall–Kier alpha value is -2.36. The molecule has 2 N–H and O–H groups in total. The van der Waals surface area contributed by atoms with E-state index in [1.54, 1.807) is 33.4 Å². The third-order valence-corrected chi connectivity index (χ3v) is 5.51. The van der Waals surface area contributed by atoms with E-state index < -0.39 is 0 Å². The van der Waals surface area contributed by atoms with E-state index in [-0.39, 0.29) is 24.3 Å². The van der Waals surface area contributed by atoms with Crippen LogP contribution in [0, 0.1) is 0 Å². The molecule has 1 fully saturated rings. The number of urea groups is 1. The molecule has 8 nitrogen and oxygen atoms in total. The number of benzene rings is 1. The Morgan fingerprint density at radius 1 is 1.03 bits per heavy atom. The Morgan fingerprint density at radius 2 is 1.66 bits per heavy atom. The molecule has 0 aliphatic carbocycles. The molecule has 11 heteroatoms. The Kier molecular flexibility index (Phi) is 6.94. The number of hydrogen-bond acceptors (Lipinski definition) is 5. The zero-order chi connectivity index (χ0) is 21.0. The molecule has 4 amide bonds. The van der Waals surface area contributed by atoms with Crippen LogP contribution in [0.1, 0.15) is 12.6 Å². The summed E-state index contributed by atoms with van der Waals surface area (Å²) in [6, 6.07) is 4.51. The van der Waals surface area contributed by atoms with E-state index in [0.29, 0.717) is 52.7 Å². The van der Waals surface area contributed by atoms with Crippen molar-refractivity contribution < 1.29 is 14.4 Å². The van der Waals surface area contributed by atoms with Crippen LogP contribution in [0.2, 0.25) is 10.0 Å². The third kappa shape index (κ3) is 6.06. The molecule has 2 aromatic rings. The number of amides is 4. The van der Waals surface area contributed by atoms with Crippen LogP contribution < -0.4 is 10.6 Å². The SMILES string of the molecule is CC(=O)N1CCN(C(=O)Nc2nc(CC(=O)Nc3cc(Cl)cc(Cl)c3)cs2)CC1.